The molecular formula is C26H30N6O8. The number of methoxy groups -OCH3 is 2. The van der Waals surface area contributed by atoms with Gasteiger partial charge in [0.25, 0.3) is 0 Å². The van der Waals surface area contributed by atoms with E-state index in [0.29, 0.717) is 33.2 Å². The lowest BCUT2D eigenvalue weighted by atomic mass is 10.2. The van der Waals surface area contributed by atoms with E-state index in [2.05, 4.69) is 30.1 Å². The van der Waals surface area contributed by atoms with Crippen LogP contribution in [0.2, 0.25) is 0 Å². The maximum Gasteiger partial charge on any atom is 0.437 e. The Morgan fingerprint density at radius 3 is 1.57 bits per heavy atom. The van der Waals surface area contributed by atoms with Gasteiger partial charge in [-0.3, -0.25) is 0 Å². The molecule has 0 bridgehead atoms. The van der Waals surface area contributed by atoms with E-state index >= 15 is 0 Å². The number of carbonyl (C=O) groups excluding carboxylic acids is 4. The fourth-order valence-electron chi connectivity index (χ4n) is 3.21. The highest BCUT2D eigenvalue weighted by molar-refractivity contribution is 5.96. The number of hydrogen-bond donors (Lipinski definition) is 0. The highest BCUT2D eigenvalue weighted by Gasteiger charge is 2.22. The van der Waals surface area contributed by atoms with Crippen molar-refractivity contribution in [2.75, 3.05) is 14.2 Å². The molecule has 0 aliphatic carbocycles. The summed E-state index contributed by atoms with van der Waals surface area (Å²) in [5.74, 6) is -0.970. The molecule has 2 heterocycles. The Kier molecular flexibility index (Phi) is 8.51. The molecular weight excluding hydrogens is 524 g/mol. The second-order valence-corrected chi connectivity index (χ2v) is 10.4. The summed E-state index contributed by atoms with van der Waals surface area (Å²) in [5, 5.41) is 15.2. The molecule has 212 valence electrons. The van der Waals surface area contributed by atoms with E-state index in [4.69, 9.17) is 9.47 Å². The summed E-state index contributed by atoms with van der Waals surface area (Å²) in [5.41, 5.74) is 1.15. The number of carbonyl (C=O) groups is 4. The van der Waals surface area contributed by atoms with Gasteiger partial charge in [0.1, 0.15) is 33.3 Å². The van der Waals surface area contributed by atoms with Crippen LogP contribution in [0.1, 0.15) is 62.3 Å². The molecule has 0 saturated carbocycles. The van der Waals surface area contributed by atoms with Crippen LogP contribution in [0.15, 0.2) is 36.4 Å². The molecule has 2 aromatic heterocycles. The first-order chi connectivity index (χ1) is 18.6. The summed E-state index contributed by atoms with van der Waals surface area (Å²) in [6, 6.07) is 9.27. The molecule has 14 heteroatoms. The maximum atomic E-state index is 12.0. The Morgan fingerprint density at radius 2 is 1.07 bits per heavy atom. The average Bonchev–Trinajstić information content (AvgIpc) is 3.49. The Bertz CT molecular complexity index is 1580. The molecule has 0 unspecified atom stereocenters. The predicted octanol–water partition coefficient (Wildman–Crippen LogP) is 4.00. The quantitative estimate of drug-likeness (QED) is 0.258. The van der Waals surface area contributed by atoms with Gasteiger partial charge in [-0.1, -0.05) is 10.4 Å². The van der Waals surface area contributed by atoms with Crippen molar-refractivity contribution in [3.05, 3.63) is 47.5 Å². The highest BCUT2D eigenvalue weighted by atomic mass is 16.6. The van der Waals surface area contributed by atoms with Crippen molar-refractivity contribution < 1.29 is 38.1 Å². The Labute approximate surface area is 229 Å². The molecule has 0 radical (unpaired) electrons. The fourth-order valence-corrected chi connectivity index (χ4v) is 3.21. The first-order valence-electron chi connectivity index (χ1n) is 12.0. The predicted molar refractivity (Wildman–Crippen MR) is 141 cm³/mol. The number of fused-ring (bicyclic) bond motifs is 2. The van der Waals surface area contributed by atoms with Crippen LogP contribution in [0.4, 0.5) is 9.59 Å². The van der Waals surface area contributed by atoms with Gasteiger partial charge in [0.2, 0.25) is 0 Å². The van der Waals surface area contributed by atoms with Crippen LogP contribution in [0.5, 0.6) is 0 Å². The molecule has 0 amide bonds. The molecule has 0 aliphatic rings. The van der Waals surface area contributed by atoms with Crippen LogP contribution in [0.3, 0.4) is 0 Å². The molecule has 40 heavy (non-hydrogen) atoms. The van der Waals surface area contributed by atoms with E-state index in [-0.39, 0.29) is 0 Å². The van der Waals surface area contributed by atoms with Gasteiger partial charge in [-0.05, 0) is 77.9 Å². The van der Waals surface area contributed by atoms with Crippen LogP contribution in [-0.4, -0.2) is 79.5 Å². The molecule has 4 aromatic rings. The summed E-state index contributed by atoms with van der Waals surface area (Å²) < 4.78 is 21.8. The fraction of sp³-hybridized carbons (Fsp3) is 0.385. The van der Waals surface area contributed by atoms with Gasteiger partial charge in [0.15, 0.2) is 0 Å². The molecule has 0 atom stereocenters. The number of rotatable bonds is 2. The van der Waals surface area contributed by atoms with Gasteiger partial charge in [-0.2, -0.15) is 0 Å². The van der Waals surface area contributed by atoms with Crippen molar-refractivity contribution in [3.8, 4) is 0 Å². The topological polar surface area (TPSA) is 167 Å². The number of nitrogens with zero attached hydrogens (tertiary/aromatic N) is 6. The van der Waals surface area contributed by atoms with Crippen LogP contribution >= 0.6 is 0 Å². The second kappa shape index (κ2) is 11.5. The molecule has 0 saturated heterocycles. The van der Waals surface area contributed by atoms with Crippen molar-refractivity contribution in [2.45, 2.75) is 52.7 Å². The van der Waals surface area contributed by atoms with Crippen molar-refractivity contribution in [1.29, 1.82) is 0 Å². The van der Waals surface area contributed by atoms with E-state index in [9.17, 15) is 19.2 Å². The van der Waals surface area contributed by atoms with Gasteiger partial charge in [0.05, 0.1) is 25.3 Å². The summed E-state index contributed by atoms with van der Waals surface area (Å²) in [6.07, 6.45) is -1.27. The zero-order chi connectivity index (χ0) is 29.8. The molecule has 14 nitrogen and oxygen atoms in total. The number of benzene rings is 2. The smallest absolute Gasteiger partial charge is 0.437 e. The lowest BCUT2D eigenvalue weighted by Gasteiger charge is -2.18. The number of esters is 2. The molecule has 0 spiro atoms. The summed E-state index contributed by atoms with van der Waals surface area (Å²) in [6.45, 7) is 10.6. The molecule has 0 aliphatic heterocycles. The normalized spacial score (nSPS) is 11.4. The van der Waals surface area contributed by atoms with E-state index in [1.165, 1.54) is 26.4 Å². The minimum atomic E-state index is -0.651. The molecule has 0 fully saturated rings. The third-order valence-electron chi connectivity index (χ3n) is 4.87. The lowest BCUT2D eigenvalue weighted by molar-refractivity contribution is 0.0508. The Hall–Kier alpha value is -4.88. The average molecular weight is 555 g/mol. The number of aromatic nitrogens is 6. The first kappa shape index (κ1) is 29.7. The number of hydrogen-bond acceptors (Lipinski definition) is 12. The largest absolute Gasteiger partial charge is 0.465 e. The van der Waals surface area contributed by atoms with E-state index < -0.39 is 35.3 Å². The summed E-state index contributed by atoms with van der Waals surface area (Å²) in [4.78, 5) is 46.9. The summed E-state index contributed by atoms with van der Waals surface area (Å²) in [7, 11) is 2.58. The van der Waals surface area contributed by atoms with Crippen molar-refractivity contribution in [1.82, 2.24) is 30.0 Å². The SMILES string of the molecule is COC(=O)c1ccc2c(c1)nnn2C(=O)OC(C)(C)C.COC(=O)c1ccc2nnn(C(=O)OC(C)(C)C)c2c1. The molecule has 2 aromatic carbocycles. The third kappa shape index (κ3) is 7.15. The highest BCUT2D eigenvalue weighted by Crippen LogP contribution is 2.18. The molecule has 0 N–H and O–H groups in total. The second-order valence-electron chi connectivity index (χ2n) is 10.4. The summed E-state index contributed by atoms with van der Waals surface area (Å²) >= 11 is 0. The zero-order valence-corrected chi connectivity index (χ0v) is 23.4. The van der Waals surface area contributed by atoms with Gasteiger partial charge < -0.3 is 18.9 Å². The monoisotopic (exact) mass is 554 g/mol. The van der Waals surface area contributed by atoms with Gasteiger partial charge >= 0.3 is 24.1 Å². The molecule has 4 rings (SSSR count). The van der Waals surface area contributed by atoms with Gasteiger partial charge in [-0.15, -0.1) is 19.6 Å². The van der Waals surface area contributed by atoms with E-state index in [1.807, 2.05) is 0 Å². The van der Waals surface area contributed by atoms with Crippen molar-refractivity contribution >= 4 is 46.2 Å². The van der Waals surface area contributed by atoms with E-state index in [0.717, 1.165) is 9.36 Å². The van der Waals surface area contributed by atoms with Gasteiger partial charge in [0, 0.05) is 0 Å². The zero-order valence-electron chi connectivity index (χ0n) is 23.4. The first-order valence-corrected chi connectivity index (χ1v) is 12.0. The van der Waals surface area contributed by atoms with Crippen LogP contribution in [-0.2, 0) is 18.9 Å². The Balaban J connectivity index is 0.000000220. The van der Waals surface area contributed by atoms with Gasteiger partial charge in [-0.25, -0.2) is 19.2 Å². The number of ether oxygens (including phenoxy) is 4. The van der Waals surface area contributed by atoms with Crippen LogP contribution in [0.25, 0.3) is 22.1 Å². The maximum absolute atomic E-state index is 12.0. The van der Waals surface area contributed by atoms with Crippen LogP contribution in [0, 0.1) is 0 Å². The lowest BCUT2D eigenvalue weighted by Crippen LogP contribution is -2.27. The van der Waals surface area contributed by atoms with E-state index in [1.54, 1.807) is 65.8 Å². The minimum Gasteiger partial charge on any atom is -0.465 e. The minimum absolute atomic E-state index is 0.312. The van der Waals surface area contributed by atoms with Crippen LogP contribution < -0.4 is 0 Å². The van der Waals surface area contributed by atoms with Crippen molar-refractivity contribution in [3.63, 3.8) is 0 Å². The van der Waals surface area contributed by atoms with Crippen molar-refractivity contribution in [2.24, 2.45) is 0 Å². The standard InChI is InChI=1S/2C13H15N3O4/c1-13(2,3)20-12(18)16-10-6-5-8(11(17)19-4)7-9(10)14-15-16;1-13(2,3)20-12(18)16-10-7-8(11(17)19-4)5-6-9(10)14-15-16/h2*5-7H,1-4H3. The Morgan fingerprint density at radius 1 is 0.625 bits per heavy atom. The third-order valence-corrected chi connectivity index (χ3v) is 4.87.